The first kappa shape index (κ1) is 15.6. The maximum atomic E-state index is 11.0. The minimum absolute atomic E-state index is 0.0869. The highest BCUT2D eigenvalue weighted by Crippen LogP contribution is 2.35. The molecule has 116 valence electrons. The van der Waals surface area contributed by atoms with Gasteiger partial charge in [-0.2, -0.15) is 0 Å². The summed E-state index contributed by atoms with van der Waals surface area (Å²) >= 11 is 0. The molecule has 1 saturated heterocycles. The van der Waals surface area contributed by atoms with Crippen LogP contribution in [-0.2, 0) is 4.79 Å². The van der Waals surface area contributed by atoms with Gasteiger partial charge in [0.05, 0.1) is 5.56 Å². The Morgan fingerprint density at radius 1 is 1.05 bits per heavy atom. The van der Waals surface area contributed by atoms with E-state index in [0.29, 0.717) is 31.7 Å². The van der Waals surface area contributed by atoms with E-state index in [9.17, 15) is 15.0 Å². The summed E-state index contributed by atoms with van der Waals surface area (Å²) in [4.78, 5) is 15.1. The lowest BCUT2D eigenvalue weighted by Gasteiger charge is -2.39. The normalized spacial score (nSPS) is 20.1. The molecular formula is C15H22N2O4. The molecule has 0 radical (unpaired) electrons. The van der Waals surface area contributed by atoms with Gasteiger partial charge < -0.3 is 15.3 Å². The number of rotatable bonds is 4. The second kappa shape index (κ2) is 6.32. The fourth-order valence-electron chi connectivity index (χ4n) is 2.82. The van der Waals surface area contributed by atoms with Crippen molar-refractivity contribution in [2.75, 3.05) is 26.2 Å². The molecule has 0 aromatic heterocycles. The predicted octanol–water partition coefficient (Wildman–Crippen LogP) is 1.25. The summed E-state index contributed by atoms with van der Waals surface area (Å²) in [6, 6.07) is 4.13. The average Bonchev–Trinajstić information content (AvgIpc) is 2.46. The molecule has 2 rings (SSSR count). The van der Waals surface area contributed by atoms with Crippen LogP contribution in [0.1, 0.15) is 25.5 Å². The molecule has 0 aliphatic carbocycles. The number of benzene rings is 1. The van der Waals surface area contributed by atoms with Gasteiger partial charge in [0, 0.05) is 32.2 Å². The van der Waals surface area contributed by atoms with Crippen LogP contribution in [0.3, 0.4) is 0 Å². The Morgan fingerprint density at radius 2 is 1.52 bits per heavy atom. The second-order valence-corrected chi connectivity index (χ2v) is 5.47. The maximum Gasteiger partial charge on any atom is 0.320 e. The van der Waals surface area contributed by atoms with E-state index < -0.39 is 12.0 Å². The van der Waals surface area contributed by atoms with Crippen molar-refractivity contribution in [3.05, 3.63) is 23.8 Å². The summed E-state index contributed by atoms with van der Waals surface area (Å²) in [5, 5.41) is 28.9. The van der Waals surface area contributed by atoms with Gasteiger partial charge in [-0.15, -0.1) is 0 Å². The third-order valence-electron chi connectivity index (χ3n) is 4.28. The van der Waals surface area contributed by atoms with Crippen molar-refractivity contribution in [2.45, 2.75) is 25.9 Å². The van der Waals surface area contributed by atoms with Gasteiger partial charge in [-0.1, -0.05) is 6.07 Å². The van der Waals surface area contributed by atoms with Gasteiger partial charge in [-0.05, 0) is 26.0 Å². The Kier molecular flexibility index (Phi) is 4.69. The molecule has 1 aliphatic rings. The fraction of sp³-hybridized carbons (Fsp3) is 0.533. The molecule has 0 saturated carbocycles. The van der Waals surface area contributed by atoms with Crippen molar-refractivity contribution in [1.29, 1.82) is 0 Å². The number of phenols is 2. The third kappa shape index (κ3) is 3.28. The van der Waals surface area contributed by atoms with Gasteiger partial charge >= 0.3 is 5.97 Å². The highest BCUT2D eigenvalue weighted by molar-refractivity contribution is 5.72. The van der Waals surface area contributed by atoms with Crippen LogP contribution in [0.4, 0.5) is 0 Å². The first-order chi connectivity index (χ1) is 9.91. The number of aliphatic carboxylic acids is 1. The van der Waals surface area contributed by atoms with E-state index in [2.05, 4.69) is 4.90 Å². The predicted molar refractivity (Wildman–Crippen MR) is 78.4 cm³/mol. The first-order valence-electron chi connectivity index (χ1n) is 7.13. The van der Waals surface area contributed by atoms with Gasteiger partial charge in [0.1, 0.15) is 17.5 Å². The Balaban J connectivity index is 2.04. The number of carboxylic acid groups (broad SMARTS) is 1. The van der Waals surface area contributed by atoms with Crippen LogP contribution in [0.15, 0.2) is 18.2 Å². The quantitative estimate of drug-likeness (QED) is 0.775. The summed E-state index contributed by atoms with van der Waals surface area (Å²) in [7, 11) is 0. The smallest absolute Gasteiger partial charge is 0.320 e. The summed E-state index contributed by atoms with van der Waals surface area (Å²) in [6.07, 6.45) is 0. The van der Waals surface area contributed by atoms with Crippen LogP contribution in [0.2, 0.25) is 0 Å². The van der Waals surface area contributed by atoms with E-state index in [0.717, 1.165) is 0 Å². The first-order valence-corrected chi connectivity index (χ1v) is 7.13. The van der Waals surface area contributed by atoms with Crippen LogP contribution in [0.25, 0.3) is 0 Å². The number of aromatic hydroxyl groups is 2. The molecule has 1 aromatic carbocycles. The largest absolute Gasteiger partial charge is 0.507 e. The van der Waals surface area contributed by atoms with E-state index >= 15 is 0 Å². The number of carbonyl (C=O) groups is 1. The van der Waals surface area contributed by atoms with E-state index in [1.54, 1.807) is 25.1 Å². The van der Waals surface area contributed by atoms with Crippen LogP contribution in [-0.4, -0.2) is 63.3 Å². The molecule has 6 nitrogen and oxygen atoms in total. The van der Waals surface area contributed by atoms with Gasteiger partial charge in [0.25, 0.3) is 0 Å². The topological polar surface area (TPSA) is 84.2 Å². The number of phenolic OH excluding ortho intramolecular Hbond substituents is 2. The minimum atomic E-state index is -0.810. The standard InChI is InChI=1S/C15H22N2O4/c1-10(14-12(18)4-3-5-13(14)19)16-6-8-17(9-7-16)11(2)15(20)21/h3-5,10-11,18-19H,6-9H2,1-2H3,(H,20,21). The summed E-state index contributed by atoms with van der Waals surface area (Å²) < 4.78 is 0. The SMILES string of the molecule is CC(C(=O)O)N1CCN(C(C)c2c(O)cccc2O)CC1. The highest BCUT2D eigenvalue weighted by Gasteiger charge is 2.29. The Labute approximate surface area is 124 Å². The Morgan fingerprint density at radius 3 is 2.00 bits per heavy atom. The van der Waals surface area contributed by atoms with Crippen LogP contribution < -0.4 is 0 Å². The van der Waals surface area contributed by atoms with E-state index in [1.165, 1.54) is 0 Å². The molecule has 21 heavy (non-hydrogen) atoms. The lowest BCUT2D eigenvalue weighted by molar-refractivity contribution is -0.143. The molecule has 0 bridgehead atoms. The van der Waals surface area contributed by atoms with Crippen molar-refractivity contribution < 1.29 is 20.1 Å². The van der Waals surface area contributed by atoms with Crippen molar-refractivity contribution in [1.82, 2.24) is 9.80 Å². The van der Waals surface area contributed by atoms with Gasteiger partial charge in [0.15, 0.2) is 0 Å². The molecule has 1 heterocycles. The Hall–Kier alpha value is -1.79. The zero-order valence-electron chi connectivity index (χ0n) is 12.4. The molecule has 2 atom stereocenters. The van der Waals surface area contributed by atoms with Crippen LogP contribution in [0.5, 0.6) is 11.5 Å². The molecule has 1 aliphatic heterocycles. The lowest BCUT2D eigenvalue weighted by atomic mass is 10.0. The summed E-state index contributed by atoms with van der Waals surface area (Å²) in [5.41, 5.74) is 0.525. The zero-order valence-corrected chi connectivity index (χ0v) is 12.4. The number of hydrogen-bond acceptors (Lipinski definition) is 5. The average molecular weight is 294 g/mol. The molecule has 1 fully saturated rings. The lowest BCUT2D eigenvalue weighted by Crippen LogP contribution is -2.52. The van der Waals surface area contributed by atoms with E-state index in [1.807, 2.05) is 11.8 Å². The van der Waals surface area contributed by atoms with E-state index in [4.69, 9.17) is 5.11 Å². The zero-order chi connectivity index (χ0) is 15.6. The molecule has 0 spiro atoms. The van der Waals surface area contributed by atoms with Crippen molar-refractivity contribution in [2.24, 2.45) is 0 Å². The minimum Gasteiger partial charge on any atom is -0.507 e. The molecule has 3 N–H and O–H groups in total. The number of nitrogens with zero attached hydrogens (tertiary/aromatic N) is 2. The van der Waals surface area contributed by atoms with Gasteiger partial charge in [0.2, 0.25) is 0 Å². The molecule has 0 amide bonds. The van der Waals surface area contributed by atoms with Crippen molar-refractivity contribution in [3.63, 3.8) is 0 Å². The van der Waals surface area contributed by atoms with E-state index in [-0.39, 0.29) is 17.5 Å². The second-order valence-electron chi connectivity index (χ2n) is 5.47. The van der Waals surface area contributed by atoms with Crippen LogP contribution in [0, 0.1) is 0 Å². The molecule has 6 heteroatoms. The number of carboxylic acids is 1. The monoisotopic (exact) mass is 294 g/mol. The summed E-state index contributed by atoms with van der Waals surface area (Å²) in [6.45, 7) is 6.35. The number of piperazine rings is 1. The highest BCUT2D eigenvalue weighted by atomic mass is 16.4. The molecular weight excluding hydrogens is 272 g/mol. The Bertz CT molecular complexity index is 492. The van der Waals surface area contributed by atoms with Gasteiger partial charge in [-0.3, -0.25) is 14.6 Å². The van der Waals surface area contributed by atoms with Crippen molar-refractivity contribution in [3.8, 4) is 11.5 Å². The van der Waals surface area contributed by atoms with Crippen molar-refractivity contribution >= 4 is 5.97 Å². The van der Waals surface area contributed by atoms with Crippen LogP contribution >= 0.6 is 0 Å². The number of hydrogen-bond donors (Lipinski definition) is 3. The van der Waals surface area contributed by atoms with Gasteiger partial charge in [-0.25, -0.2) is 0 Å². The third-order valence-corrected chi connectivity index (χ3v) is 4.28. The fourth-order valence-corrected chi connectivity index (χ4v) is 2.82. The maximum absolute atomic E-state index is 11.0. The summed E-state index contributed by atoms with van der Waals surface area (Å²) in [5.74, 6) is -0.637. The molecule has 1 aromatic rings. The molecule has 2 unspecified atom stereocenters.